The fourth-order valence-corrected chi connectivity index (χ4v) is 2.64. The van der Waals surface area contributed by atoms with Crippen molar-refractivity contribution < 1.29 is 19.1 Å². The Kier molecular flexibility index (Phi) is 7.01. The van der Waals surface area contributed by atoms with Gasteiger partial charge in [0.1, 0.15) is 5.75 Å². The van der Waals surface area contributed by atoms with Crippen LogP contribution in [-0.4, -0.2) is 25.1 Å². The van der Waals surface area contributed by atoms with E-state index in [1.165, 1.54) is 0 Å². The number of rotatable bonds is 7. The molecule has 25 heavy (non-hydrogen) atoms. The Morgan fingerprint density at radius 1 is 1.12 bits per heavy atom. The van der Waals surface area contributed by atoms with Gasteiger partial charge < -0.3 is 14.8 Å². The van der Waals surface area contributed by atoms with Crippen LogP contribution in [0.2, 0.25) is 0 Å². The average molecular weight is 406 g/mol. The summed E-state index contributed by atoms with van der Waals surface area (Å²) in [5.74, 6) is -0.432. The van der Waals surface area contributed by atoms with Gasteiger partial charge in [-0.25, -0.2) is 4.79 Å². The molecule has 0 unspecified atom stereocenters. The second kappa shape index (κ2) is 9.22. The van der Waals surface area contributed by atoms with Crippen LogP contribution in [0.5, 0.6) is 5.75 Å². The van der Waals surface area contributed by atoms with Gasteiger partial charge in [-0.1, -0.05) is 47.1 Å². The largest absolute Gasteiger partial charge is 0.482 e. The zero-order valence-corrected chi connectivity index (χ0v) is 15.8. The Labute approximate surface area is 155 Å². The van der Waals surface area contributed by atoms with Crippen molar-refractivity contribution >= 4 is 33.5 Å². The number of esters is 1. The summed E-state index contributed by atoms with van der Waals surface area (Å²) in [5, 5.41) is 2.80. The maximum Gasteiger partial charge on any atom is 0.344 e. The standard InChI is InChI=1S/C19H20BrNO4/c1-3-14-7-4-6-13(2)19(14)21-17(22)11-25-18(23)12-24-16-9-5-8-15(20)10-16/h4-10H,3,11-12H2,1-2H3,(H,21,22). The van der Waals surface area contributed by atoms with Crippen LogP contribution in [0.15, 0.2) is 46.9 Å². The molecule has 0 aliphatic carbocycles. The molecule has 132 valence electrons. The highest BCUT2D eigenvalue weighted by atomic mass is 79.9. The molecule has 2 aromatic carbocycles. The number of ether oxygens (including phenoxy) is 2. The predicted octanol–water partition coefficient (Wildman–Crippen LogP) is 3.88. The lowest BCUT2D eigenvalue weighted by atomic mass is 10.1. The van der Waals surface area contributed by atoms with E-state index < -0.39 is 5.97 Å². The minimum Gasteiger partial charge on any atom is -0.482 e. The number of aryl methyl sites for hydroxylation is 2. The summed E-state index contributed by atoms with van der Waals surface area (Å²) in [7, 11) is 0. The third-order valence-electron chi connectivity index (χ3n) is 3.52. The molecule has 0 saturated carbocycles. The van der Waals surface area contributed by atoms with Gasteiger partial charge >= 0.3 is 5.97 Å². The van der Waals surface area contributed by atoms with Gasteiger partial charge in [-0.2, -0.15) is 0 Å². The summed E-state index contributed by atoms with van der Waals surface area (Å²) in [4.78, 5) is 23.7. The highest BCUT2D eigenvalue weighted by Gasteiger charge is 2.12. The van der Waals surface area contributed by atoms with Crippen LogP contribution >= 0.6 is 15.9 Å². The van der Waals surface area contributed by atoms with Crippen LogP contribution in [-0.2, 0) is 20.7 Å². The van der Waals surface area contributed by atoms with Crippen molar-refractivity contribution in [2.75, 3.05) is 18.5 Å². The van der Waals surface area contributed by atoms with E-state index in [-0.39, 0.29) is 19.1 Å². The molecular weight excluding hydrogens is 386 g/mol. The Bertz CT molecular complexity index is 761. The molecule has 0 aliphatic heterocycles. The van der Waals surface area contributed by atoms with Crippen molar-refractivity contribution in [2.45, 2.75) is 20.3 Å². The molecule has 0 spiro atoms. The molecule has 1 amide bonds. The number of benzene rings is 2. The van der Waals surface area contributed by atoms with Crippen LogP contribution in [0, 0.1) is 6.92 Å². The summed E-state index contributed by atoms with van der Waals surface area (Å²) >= 11 is 3.32. The van der Waals surface area contributed by atoms with E-state index in [1.807, 2.05) is 38.1 Å². The van der Waals surface area contributed by atoms with E-state index in [4.69, 9.17) is 9.47 Å². The molecule has 0 aliphatic rings. The maximum atomic E-state index is 12.0. The molecule has 5 nitrogen and oxygen atoms in total. The Balaban J connectivity index is 1.81. The second-order valence-electron chi connectivity index (χ2n) is 5.42. The first-order chi connectivity index (χ1) is 12.0. The minimum absolute atomic E-state index is 0.256. The lowest BCUT2D eigenvalue weighted by Gasteiger charge is -2.13. The summed E-state index contributed by atoms with van der Waals surface area (Å²) in [6, 6.07) is 13.0. The number of amides is 1. The monoisotopic (exact) mass is 405 g/mol. The average Bonchev–Trinajstić information content (AvgIpc) is 2.60. The van der Waals surface area contributed by atoms with E-state index in [9.17, 15) is 9.59 Å². The van der Waals surface area contributed by atoms with Gasteiger partial charge in [-0.3, -0.25) is 4.79 Å². The van der Waals surface area contributed by atoms with Crippen molar-refractivity contribution in [3.05, 3.63) is 58.1 Å². The minimum atomic E-state index is -0.601. The highest BCUT2D eigenvalue weighted by Crippen LogP contribution is 2.21. The second-order valence-corrected chi connectivity index (χ2v) is 6.33. The maximum absolute atomic E-state index is 12.0. The Hall–Kier alpha value is -2.34. The van der Waals surface area contributed by atoms with E-state index in [1.54, 1.807) is 18.2 Å². The lowest BCUT2D eigenvalue weighted by Crippen LogP contribution is -2.24. The zero-order chi connectivity index (χ0) is 18.2. The number of hydrogen-bond acceptors (Lipinski definition) is 4. The van der Waals surface area contributed by atoms with E-state index in [0.717, 1.165) is 27.7 Å². The Morgan fingerprint density at radius 2 is 1.88 bits per heavy atom. The van der Waals surface area contributed by atoms with Gasteiger partial charge in [0.15, 0.2) is 13.2 Å². The van der Waals surface area contributed by atoms with Gasteiger partial charge in [0.2, 0.25) is 0 Å². The topological polar surface area (TPSA) is 64.6 Å². The first-order valence-corrected chi connectivity index (χ1v) is 8.71. The summed E-state index contributed by atoms with van der Waals surface area (Å²) in [5.41, 5.74) is 2.78. The molecule has 0 atom stereocenters. The van der Waals surface area contributed by atoms with Crippen molar-refractivity contribution in [2.24, 2.45) is 0 Å². The molecule has 2 aromatic rings. The quantitative estimate of drug-likeness (QED) is 0.709. The molecule has 0 aromatic heterocycles. The molecule has 0 heterocycles. The number of carbonyl (C=O) groups is 2. The molecule has 0 saturated heterocycles. The molecule has 0 radical (unpaired) electrons. The normalized spacial score (nSPS) is 10.2. The van der Waals surface area contributed by atoms with Gasteiger partial charge in [-0.05, 0) is 42.7 Å². The van der Waals surface area contributed by atoms with Gasteiger partial charge in [-0.15, -0.1) is 0 Å². The summed E-state index contributed by atoms with van der Waals surface area (Å²) in [6.07, 6.45) is 0.803. The van der Waals surface area contributed by atoms with E-state index in [2.05, 4.69) is 21.2 Å². The first-order valence-electron chi connectivity index (χ1n) is 7.92. The SMILES string of the molecule is CCc1cccc(C)c1NC(=O)COC(=O)COc1cccc(Br)c1. The fourth-order valence-electron chi connectivity index (χ4n) is 2.26. The number of para-hydroxylation sites is 1. The van der Waals surface area contributed by atoms with Crippen molar-refractivity contribution in [3.63, 3.8) is 0 Å². The van der Waals surface area contributed by atoms with Gasteiger partial charge in [0.25, 0.3) is 5.91 Å². The van der Waals surface area contributed by atoms with Crippen LogP contribution < -0.4 is 10.1 Å². The summed E-state index contributed by atoms with van der Waals surface area (Å²) in [6.45, 7) is 3.34. The molecular formula is C19H20BrNO4. The van der Waals surface area contributed by atoms with Crippen LogP contribution in [0.3, 0.4) is 0 Å². The number of anilines is 1. The predicted molar refractivity (Wildman–Crippen MR) is 99.8 cm³/mol. The number of hydrogen-bond donors (Lipinski definition) is 1. The van der Waals surface area contributed by atoms with Crippen molar-refractivity contribution in [3.8, 4) is 5.75 Å². The van der Waals surface area contributed by atoms with Crippen LogP contribution in [0.1, 0.15) is 18.1 Å². The van der Waals surface area contributed by atoms with Crippen molar-refractivity contribution in [1.29, 1.82) is 0 Å². The third kappa shape index (κ3) is 5.90. The van der Waals surface area contributed by atoms with E-state index >= 15 is 0 Å². The Morgan fingerprint density at radius 3 is 2.60 bits per heavy atom. The van der Waals surface area contributed by atoms with Gasteiger partial charge in [0, 0.05) is 10.2 Å². The highest BCUT2D eigenvalue weighted by molar-refractivity contribution is 9.10. The number of nitrogens with one attached hydrogen (secondary N) is 1. The van der Waals surface area contributed by atoms with Gasteiger partial charge in [0.05, 0.1) is 0 Å². The molecule has 6 heteroatoms. The van der Waals surface area contributed by atoms with Crippen molar-refractivity contribution in [1.82, 2.24) is 0 Å². The van der Waals surface area contributed by atoms with Crippen LogP contribution in [0.4, 0.5) is 5.69 Å². The smallest absolute Gasteiger partial charge is 0.344 e. The first kappa shape index (κ1) is 19.0. The third-order valence-corrected chi connectivity index (χ3v) is 4.01. The zero-order valence-electron chi connectivity index (χ0n) is 14.2. The molecule has 1 N–H and O–H groups in total. The molecule has 2 rings (SSSR count). The lowest BCUT2D eigenvalue weighted by molar-refractivity contribution is -0.149. The number of halogens is 1. The molecule has 0 fully saturated rings. The molecule has 0 bridgehead atoms. The van der Waals surface area contributed by atoms with E-state index in [0.29, 0.717) is 5.75 Å². The van der Waals surface area contributed by atoms with Crippen LogP contribution in [0.25, 0.3) is 0 Å². The number of carbonyl (C=O) groups excluding carboxylic acids is 2. The fraction of sp³-hybridized carbons (Fsp3) is 0.263. The summed E-state index contributed by atoms with van der Waals surface area (Å²) < 4.78 is 11.1.